The molecule has 0 spiro atoms. The number of carbonyl (C=O) groups is 2. The molecule has 2 amide bonds. The minimum absolute atomic E-state index is 0.0336. The number of fused-ring (bicyclic) bond motifs is 1. The monoisotopic (exact) mass is 416 g/mol. The van der Waals surface area contributed by atoms with E-state index in [2.05, 4.69) is 31.5 Å². The Morgan fingerprint density at radius 1 is 1.15 bits per heavy atom. The average molecular weight is 417 g/mol. The highest BCUT2D eigenvalue weighted by Gasteiger charge is 2.18. The van der Waals surface area contributed by atoms with Gasteiger partial charge in [0.15, 0.2) is 0 Å². The Kier molecular flexibility index (Phi) is 5.52. The molecule has 2 heterocycles. The molecule has 0 atom stereocenters. The van der Waals surface area contributed by atoms with Crippen molar-refractivity contribution in [2.75, 3.05) is 17.2 Å². The summed E-state index contributed by atoms with van der Waals surface area (Å²) in [6.07, 6.45) is 1.74. The SMILES string of the molecule is CCOC(=O)Cc1nc2ccc(Br)cn2c1NC(=O)Nc1ccccc1. The van der Waals surface area contributed by atoms with Crippen LogP contribution < -0.4 is 10.6 Å². The van der Waals surface area contributed by atoms with Gasteiger partial charge in [0.25, 0.3) is 0 Å². The molecule has 8 heteroatoms. The van der Waals surface area contributed by atoms with E-state index in [0.29, 0.717) is 22.8 Å². The Morgan fingerprint density at radius 3 is 2.65 bits per heavy atom. The predicted molar refractivity (Wildman–Crippen MR) is 102 cm³/mol. The van der Waals surface area contributed by atoms with Gasteiger partial charge in [-0.05, 0) is 47.1 Å². The van der Waals surface area contributed by atoms with E-state index in [1.807, 2.05) is 24.3 Å². The summed E-state index contributed by atoms with van der Waals surface area (Å²) < 4.78 is 7.52. The third-order valence-corrected chi connectivity index (χ3v) is 4.00. The molecule has 134 valence electrons. The summed E-state index contributed by atoms with van der Waals surface area (Å²) in [4.78, 5) is 28.7. The maximum Gasteiger partial charge on any atom is 0.324 e. The zero-order valence-electron chi connectivity index (χ0n) is 14.0. The molecule has 2 aromatic heterocycles. The third kappa shape index (κ3) is 4.20. The summed E-state index contributed by atoms with van der Waals surface area (Å²) >= 11 is 3.40. The molecule has 7 nitrogen and oxygen atoms in total. The van der Waals surface area contributed by atoms with Gasteiger partial charge in [-0.25, -0.2) is 9.78 Å². The largest absolute Gasteiger partial charge is 0.466 e. The van der Waals surface area contributed by atoms with Crippen LogP contribution in [0.4, 0.5) is 16.3 Å². The van der Waals surface area contributed by atoms with E-state index in [0.717, 1.165) is 4.47 Å². The summed E-state index contributed by atoms with van der Waals surface area (Å²) in [6, 6.07) is 12.3. The molecule has 0 unspecified atom stereocenters. The van der Waals surface area contributed by atoms with Crippen LogP contribution in [0.3, 0.4) is 0 Å². The fourth-order valence-electron chi connectivity index (χ4n) is 2.46. The summed E-state index contributed by atoms with van der Waals surface area (Å²) in [5.74, 6) is 0.0178. The van der Waals surface area contributed by atoms with E-state index in [1.54, 1.807) is 35.7 Å². The van der Waals surface area contributed by atoms with Crippen molar-refractivity contribution >= 4 is 45.1 Å². The first-order valence-corrected chi connectivity index (χ1v) is 8.81. The second-order valence-corrected chi connectivity index (χ2v) is 6.33. The number of pyridine rings is 1. The third-order valence-electron chi connectivity index (χ3n) is 3.54. The standard InChI is InChI=1S/C18H17BrN4O3/c1-2-26-16(24)10-14-17(23-11-12(19)8-9-15(23)21-14)22-18(25)20-13-6-4-3-5-7-13/h3-9,11H,2,10H2,1H3,(H2,20,22,25). The number of urea groups is 1. The molecule has 0 radical (unpaired) electrons. The fourth-order valence-corrected chi connectivity index (χ4v) is 2.80. The molecule has 0 saturated carbocycles. The first kappa shape index (κ1) is 17.9. The lowest BCUT2D eigenvalue weighted by Crippen LogP contribution is -2.21. The van der Waals surface area contributed by atoms with E-state index in [4.69, 9.17) is 4.74 Å². The van der Waals surface area contributed by atoms with Gasteiger partial charge in [0, 0.05) is 16.4 Å². The van der Waals surface area contributed by atoms with Gasteiger partial charge < -0.3 is 10.1 Å². The first-order chi connectivity index (χ1) is 12.6. The molecule has 0 bridgehead atoms. The van der Waals surface area contributed by atoms with Gasteiger partial charge in [-0.15, -0.1) is 0 Å². The van der Waals surface area contributed by atoms with E-state index in [9.17, 15) is 9.59 Å². The Hall–Kier alpha value is -2.87. The number of esters is 1. The van der Waals surface area contributed by atoms with Crippen molar-refractivity contribution in [3.05, 3.63) is 58.8 Å². The first-order valence-electron chi connectivity index (χ1n) is 8.02. The van der Waals surface area contributed by atoms with Crippen molar-refractivity contribution in [2.45, 2.75) is 13.3 Å². The maximum atomic E-state index is 12.4. The number of benzene rings is 1. The van der Waals surface area contributed by atoms with Crippen molar-refractivity contribution in [1.29, 1.82) is 0 Å². The molecular formula is C18H17BrN4O3. The normalized spacial score (nSPS) is 10.5. The molecule has 1 aromatic carbocycles. The second kappa shape index (κ2) is 8.01. The van der Waals surface area contributed by atoms with Crippen LogP contribution in [0.25, 0.3) is 5.65 Å². The van der Waals surface area contributed by atoms with Gasteiger partial charge in [-0.3, -0.25) is 14.5 Å². The van der Waals surface area contributed by atoms with Crippen LogP contribution in [0.1, 0.15) is 12.6 Å². The Bertz CT molecular complexity index is 940. The van der Waals surface area contributed by atoms with Crippen LogP contribution in [0.5, 0.6) is 0 Å². The number of aromatic nitrogens is 2. The predicted octanol–water partition coefficient (Wildman–Crippen LogP) is 3.85. The second-order valence-electron chi connectivity index (χ2n) is 5.41. The lowest BCUT2D eigenvalue weighted by Gasteiger charge is -2.09. The molecule has 0 aliphatic carbocycles. The van der Waals surface area contributed by atoms with E-state index in [1.165, 1.54) is 0 Å². The Morgan fingerprint density at radius 2 is 1.92 bits per heavy atom. The molecule has 0 aliphatic heterocycles. The van der Waals surface area contributed by atoms with Gasteiger partial charge in [-0.2, -0.15) is 0 Å². The molecular weight excluding hydrogens is 400 g/mol. The summed E-state index contributed by atoms with van der Waals surface area (Å²) in [5, 5.41) is 5.52. The van der Waals surface area contributed by atoms with Crippen molar-refractivity contribution in [3.63, 3.8) is 0 Å². The van der Waals surface area contributed by atoms with E-state index in [-0.39, 0.29) is 13.0 Å². The van der Waals surface area contributed by atoms with Crippen molar-refractivity contribution in [2.24, 2.45) is 0 Å². The van der Waals surface area contributed by atoms with Crippen molar-refractivity contribution in [3.8, 4) is 0 Å². The van der Waals surface area contributed by atoms with Crippen LogP contribution in [0.15, 0.2) is 53.1 Å². The zero-order chi connectivity index (χ0) is 18.5. The van der Waals surface area contributed by atoms with Gasteiger partial charge in [0.2, 0.25) is 0 Å². The van der Waals surface area contributed by atoms with Gasteiger partial charge in [0.1, 0.15) is 11.5 Å². The minimum Gasteiger partial charge on any atom is -0.466 e. The molecule has 2 N–H and O–H groups in total. The summed E-state index contributed by atoms with van der Waals surface area (Å²) in [7, 11) is 0. The molecule has 0 fully saturated rings. The van der Waals surface area contributed by atoms with Crippen LogP contribution in [0, 0.1) is 0 Å². The lowest BCUT2D eigenvalue weighted by molar-refractivity contribution is -0.142. The molecule has 0 saturated heterocycles. The highest BCUT2D eigenvalue weighted by atomic mass is 79.9. The molecule has 3 rings (SSSR count). The smallest absolute Gasteiger partial charge is 0.324 e. The fraction of sp³-hybridized carbons (Fsp3) is 0.167. The number of hydrogen-bond donors (Lipinski definition) is 2. The van der Waals surface area contributed by atoms with Crippen LogP contribution in [-0.4, -0.2) is 28.0 Å². The quantitative estimate of drug-likeness (QED) is 0.618. The number of para-hydroxylation sites is 1. The van der Waals surface area contributed by atoms with E-state index < -0.39 is 12.0 Å². The van der Waals surface area contributed by atoms with Gasteiger partial charge >= 0.3 is 12.0 Å². The Balaban J connectivity index is 1.89. The maximum absolute atomic E-state index is 12.4. The number of anilines is 2. The van der Waals surface area contributed by atoms with E-state index >= 15 is 0 Å². The topological polar surface area (TPSA) is 84.7 Å². The number of rotatable bonds is 5. The molecule has 0 aliphatic rings. The number of halogens is 1. The number of nitrogens with zero attached hydrogens (tertiary/aromatic N) is 2. The summed E-state index contributed by atoms with van der Waals surface area (Å²) in [6.45, 7) is 2.03. The van der Waals surface area contributed by atoms with Crippen molar-refractivity contribution < 1.29 is 14.3 Å². The number of nitrogens with one attached hydrogen (secondary N) is 2. The van der Waals surface area contributed by atoms with Gasteiger partial charge in [-0.1, -0.05) is 18.2 Å². The average Bonchev–Trinajstić information content (AvgIpc) is 2.92. The zero-order valence-corrected chi connectivity index (χ0v) is 15.6. The number of carbonyl (C=O) groups excluding carboxylic acids is 2. The van der Waals surface area contributed by atoms with Crippen LogP contribution in [0.2, 0.25) is 0 Å². The Labute approximate surface area is 158 Å². The highest BCUT2D eigenvalue weighted by molar-refractivity contribution is 9.10. The number of ether oxygens (including phenoxy) is 1. The molecule has 26 heavy (non-hydrogen) atoms. The van der Waals surface area contributed by atoms with Crippen LogP contribution in [-0.2, 0) is 16.0 Å². The van der Waals surface area contributed by atoms with Gasteiger partial charge in [0.05, 0.1) is 18.7 Å². The minimum atomic E-state index is -0.428. The number of hydrogen-bond acceptors (Lipinski definition) is 4. The highest BCUT2D eigenvalue weighted by Crippen LogP contribution is 2.22. The van der Waals surface area contributed by atoms with Crippen molar-refractivity contribution in [1.82, 2.24) is 9.38 Å². The van der Waals surface area contributed by atoms with Crippen LogP contribution >= 0.6 is 15.9 Å². The number of amides is 2. The lowest BCUT2D eigenvalue weighted by atomic mass is 10.3. The summed E-state index contributed by atoms with van der Waals surface area (Å²) in [5.41, 5.74) is 1.71. The molecule has 3 aromatic rings. The number of imidazole rings is 1.